The van der Waals surface area contributed by atoms with Crippen LogP contribution in [0.25, 0.3) is 0 Å². The van der Waals surface area contributed by atoms with E-state index in [4.69, 9.17) is 10.9 Å². The number of amidine groups is 1. The van der Waals surface area contributed by atoms with Crippen molar-refractivity contribution in [3.05, 3.63) is 0 Å². The molecule has 0 bridgehead atoms. The summed E-state index contributed by atoms with van der Waals surface area (Å²) in [6.45, 7) is 2.68. The van der Waals surface area contributed by atoms with E-state index in [0.717, 1.165) is 12.8 Å². The Morgan fingerprint density at radius 3 is 2.83 bits per heavy atom. The van der Waals surface area contributed by atoms with Crippen LogP contribution >= 0.6 is 0 Å². The van der Waals surface area contributed by atoms with Gasteiger partial charge in [0.15, 0.2) is 0 Å². The summed E-state index contributed by atoms with van der Waals surface area (Å²) in [6.07, 6.45) is 1.94. The molecule has 0 saturated heterocycles. The summed E-state index contributed by atoms with van der Waals surface area (Å²) in [7, 11) is 0. The molecule has 0 atom stereocenters. The molecule has 0 unspecified atom stereocenters. The highest BCUT2D eigenvalue weighted by atomic mass is 16.4. The van der Waals surface area contributed by atoms with Crippen molar-refractivity contribution in [2.24, 2.45) is 10.9 Å². The molecule has 0 aromatic heterocycles. The SMILES string of the molecule is CCCCNC(=O)CC(N)=NO. The Hall–Kier alpha value is -1.26. The van der Waals surface area contributed by atoms with Crippen LogP contribution in [0.4, 0.5) is 0 Å². The van der Waals surface area contributed by atoms with Crippen LogP contribution in [0.5, 0.6) is 0 Å². The number of rotatable bonds is 5. The third kappa shape index (κ3) is 5.52. The van der Waals surface area contributed by atoms with Crippen LogP contribution in [0.2, 0.25) is 0 Å². The third-order valence-electron chi connectivity index (χ3n) is 1.32. The number of nitrogens with one attached hydrogen (secondary N) is 1. The smallest absolute Gasteiger partial charge is 0.227 e. The lowest BCUT2D eigenvalue weighted by Crippen LogP contribution is -2.29. The van der Waals surface area contributed by atoms with Crippen LogP contribution in [-0.2, 0) is 4.79 Å². The molecule has 0 aliphatic heterocycles. The van der Waals surface area contributed by atoms with Gasteiger partial charge in [-0.15, -0.1) is 0 Å². The van der Waals surface area contributed by atoms with E-state index in [9.17, 15) is 4.79 Å². The van der Waals surface area contributed by atoms with Crippen molar-refractivity contribution in [1.29, 1.82) is 0 Å². The zero-order valence-corrected chi connectivity index (χ0v) is 7.21. The maximum absolute atomic E-state index is 10.9. The Balaban J connectivity index is 3.47. The molecule has 0 aliphatic carbocycles. The van der Waals surface area contributed by atoms with Crippen molar-refractivity contribution in [3.8, 4) is 0 Å². The highest BCUT2D eigenvalue weighted by molar-refractivity contribution is 5.98. The van der Waals surface area contributed by atoms with Gasteiger partial charge in [-0.25, -0.2) is 0 Å². The summed E-state index contributed by atoms with van der Waals surface area (Å²) in [4.78, 5) is 10.9. The number of oxime groups is 1. The minimum Gasteiger partial charge on any atom is -0.409 e. The number of carbonyl (C=O) groups excluding carboxylic acids is 1. The van der Waals surface area contributed by atoms with Gasteiger partial charge in [0.2, 0.25) is 5.91 Å². The van der Waals surface area contributed by atoms with Gasteiger partial charge in [0.1, 0.15) is 5.84 Å². The minimum absolute atomic E-state index is 0.0415. The van der Waals surface area contributed by atoms with Crippen LogP contribution < -0.4 is 11.1 Å². The van der Waals surface area contributed by atoms with Crippen LogP contribution in [0.15, 0.2) is 5.16 Å². The Labute approximate surface area is 71.6 Å². The van der Waals surface area contributed by atoms with E-state index in [-0.39, 0.29) is 18.2 Å². The number of hydrogen-bond acceptors (Lipinski definition) is 3. The van der Waals surface area contributed by atoms with E-state index in [1.807, 2.05) is 6.92 Å². The summed E-state index contributed by atoms with van der Waals surface area (Å²) in [5.41, 5.74) is 5.12. The quantitative estimate of drug-likeness (QED) is 0.180. The molecule has 0 aromatic carbocycles. The first-order valence-corrected chi connectivity index (χ1v) is 3.93. The molecular weight excluding hydrogens is 158 g/mol. The molecule has 0 aliphatic rings. The monoisotopic (exact) mass is 173 g/mol. The Morgan fingerprint density at radius 1 is 1.67 bits per heavy atom. The number of amides is 1. The van der Waals surface area contributed by atoms with Crippen molar-refractivity contribution in [1.82, 2.24) is 5.32 Å². The molecule has 4 N–H and O–H groups in total. The Morgan fingerprint density at radius 2 is 2.33 bits per heavy atom. The van der Waals surface area contributed by atoms with Gasteiger partial charge in [-0.05, 0) is 6.42 Å². The minimum atomic E-state index is -0.209. The molecule has 5 nitrogen and oxygen atoms in total. The number of nitrogens with zero attached hydrogens (tertiary/aromatic N) is 1. The second-order valence-electron chi connectivity index (χ2n) is 2.47. The van der Waals surface area contributed by atoms with Crippen LogP contribution in [0.1, 0.15) is 26.2 Å². The first kappa shape index (κ1) is 10.7. The van der Waals surface area contributed by atoms with Gasteiger partial charge < -0.3 is 16.3 Å². The Bertz CT molecular complexity index is 168. The normalized spacial score (nSPS) is 11.2. The van der Waals surface area contributed by atoms with E-state index in [2.05, 4.69) is 10.5 Å². The first-order chi connectivity index (χ1) is 5.70. The number of carbonyl (C=O) groups is 1. The molecule has 0 radical (unpaired) electrons. The lowest BCUT2D eigenvalue weighted by atomic mass is 10.3. The highest BCUT2D eigenvalue weighted by Gasteiger charge is 2.02. The molecule has 5 heteroatoms. The summed E-state index contributed by atoms with van der Waals surface area (Å²) < 4.78 is 0. The lowest BCUT2D eigenvalue weighted by Gasteiger charge is -2.01. The second-order valence-corrected chi connectivity index (χ2v) is 2.47. The van der Waals surface area contributed by atoms with E-state index in [1.165, 1.54) is 0 Å². The standard InChI is InChI=1S/C7H15N3O2/c1-2-3-4-9-7(11)5-6(8)10-12/h12H,2-5H2,1H3,(H2,8,10)(H,9,11). The average molecular weight is 173 g/mol. The fraction of sp³-hybridized carbons (Fsp3) is 0.714. The molecule has 0 heterocycles. The molecule has 0 spiro atoms. The van der Waals surface area contributed by atoms with E-state index >= 15 is 0 Å². The number of hydrogen-bond donors (Lipinski definition) is 3. The zero-order chi connectivity index (χ0) is 9.40. The summed E-state index contributed by atoms with van der Waals surface area (Å²) in [5.74, 6) is -0.275. The summed E-state index contributed by atoms with van der Waals surface area (Å²) in [6, 6.07) is 0. The van der Waals surface area contributed by atoms with Gasteiger partial charge in [-0.2, -0.15) is 0 Å². The molecular formula is C7H15N3O2. The lowest BCUT2D eigenvalue weighted by molar-refractivity contribution is -0.119. The largest absolute Gasteiger partial charge is 0.409 e. The van der Waals surface area contributed by atoms with Crippen LogP contribution in [0.3, 0.4) is 0 Å². The van der Waals surface area contributed by atoms with Crippen molar-refractivity contribution >= 4 is 11.7 Å². The van der Waals surface area contributed by atoms with Crippen molar-refractivity contribution in [2.75, 3.05) is 6.54 Å². The molecule has 0 fully saturated rings. The van der Waals surface area contributed by atoms with Crippen LogP contribution in [-0.4, -0.2) is 23.5 Å². The van der Waals surface area contributed by atoms with Gasteiger partial charge in [0, 0.05) is 6.54 Å². The molecule has 70 valence electrons. The first-order valence-electron chi connectivity index (χ1n) is 3.93. The molecule has 0 saturated carbocycles. The topological polar surface area (TPSA) is 87.7 Å². The van der Waals surface area contributed by atoms with Gasteiger partial charge in [0.25, 0.3) is 0 Å². The number of nitrogens with two attached hydrogens (primary N) is 1. The third-order valence-corrected chi connectivity index (χ3v) is 1.32. The maximum Gasteiger partial charge on any atom is 0.227 e. The highest BCUT2D eigenvalue weighted by Crippen LogP contribution is 1.84. The maximum atomic E-state index is 10.9. The van der Waals surface area contributed by atoms with E-state index in [0.29, 0.717) is 6.54 Å². The van der Waals surface area contributed by atoms with Crippen molar-refractivity contribution in [3.63, 3.8) is 0 Å². The predicted molar refractivity (Wildman–Crippen MR) is 45.9 cm³/mol. The van der Waals surface area contributed by atoms with Gasteiger partial charge >= 0.3 is 0 Å². The fourth-order valence-corrected chi connectivity index (χ4v) is 0.667. The molecule has 0 aromatic rings. The van der Waals surface area contributed by atoms with Crippen molar-refractivity contribution < 1.29 is 10.0 Å². The average Bonchev–Trinajstić information content (AvgIpc) is 2.05. The zero-order valence-electron chi connectivity index (χ0n) is 7.21. The van der Waals surface area contributed by atoms with E-state index < -0.39 is 0 Å². The van der Waals surface area contributed by atoms with Gasteiger partial charge in [0.05, 0.1) is 6.42 Å². The predicted octanol–water partition coefficient (Wildman–Crippen LogP) is 0.0392. The second kappa shape index (κ2) is 6.45. The van der Waals surface area contributed by atoms with Crippen LogP contribution in [0, 0.1) is 0 Å². The molecule has 12 heavy (non-hydrogen) atoms. The fourth-order valence-electron chi connectivity index (χ4n) is 0.667. The van der Waals surface area contributed by atoms with E-state index in [1.54, 1.807) is 0 Å². The summed E-state index contributed by atoms with van der Waals surface area (Å²) in [5, 5.41) is 13.5. The van der Waals surface area contributed by atoms with Gasteiger partial charge in [-0.3, -0.25) is 4.79 Å². The molecule has 1 amide bonds. The summed E-state index contributed by atoms with van der Waals surface area (Å²) >= 11 is 0. The number of unbranched alkanes of at least 4 members (excludes halogenated alkanes) is 1. The molecule has 0 rings (SSSR count). The Kier molecular flexibility index (Phi) is 5.77. The van der Waals surface area contributed by atoms with Gasteiger partial charge in [-0.1, -0.05) is 18.5 Å². The van der Waals surface area contributed by atoms with Crippen molar-refractivity contribution in [2.45, 2.75) is 26.2 Å².